The van der Waals surface area contributed by atoms with E-state index in [1.54, 1.807) is 0 Å². The minimum absolute atomic E-state index is 0.00512. The van der Waals surface area contributed by atoms with E-state index in [1.807, 2.05) is 0 Å². The van der Waals surface area contributed by atoms with Crippen molar-refractivity contribution < 1.29 is 34.0 Å². The van der Waals surface area contributed by atoms with Crippen LogP contribution < -0.4 is 0 Å². The highest BCUT2D eigenvalue weighted by atomic mass is 16.8. The number of esters is 2. The number of ether oxygens (including phenoxy) is 3. The smallest absolute Gasteiger partial charge is 0.343 e. The summed E-state index contributed by atoms with van der Waals surface area (Å²) in [5.41, 5.74) is -1.76. The molecule has 0 unspecified atom stereocenters. The summed E-state index contributed by atoms with van der Waals surface area (Å²) in [6, 6.07) is 0. The van der Waals surface area contributed by atoms with E-state index in [1.165, 1.54) is 13.3 Å². The van der Waals surface area contributed by atoms with Gasteiger partial charge in [0.25, 0.3) is 0 Å². The molecule has 0 bridgehead atoms. The van der Waals surface area contributed by atoms with Crippen molar-refractivity contribution in [1.29, 1.82) is 0 Å². The zero-order chi connectivity index (χ0) is 20.9. The Morgan fingerprint density at radius 2 is 1.90 bits per heavy atom. The van der Waals surface area contributed by atoms with Gasteiger partial charge >= 0.3 is 11.9 Å². The van der Waals surface area contributed by atoms with Gasteiger partial charge in [-0.3, -0.25) is 4.79 Å². The molecule has 2 N–H and O–H groups in total. The number of aliphatic hydroxyl groups excluding tert-OH is 1. The van der Waals surface area contributed by atoms with Crippen molar-refractivity contribution in [2.75, 3.05) is 0 Å². The predicted octanol–water partition coefficient (Wildman–Crippen LogP) is 1.99. The molecule has 0 aromatic heterocycles. The highest BCUT2D eigenvalue weighted by molar-refractivity contribution is 5.84. The van der Waals surface area contributed by atoms with Crippen LogP contribution in [0.2, 0.25) is 0 Å². The summed E-state index contributed by atoms with van der Waals surface area (Å²) in [4.78, 5) is 24.2. The Morgan fingerprint density at radius 1 is 1.17 bits per heavy atom. The van der Waals surface area contributed by atoms with Gasteiger partial charge in [0.05, 0.1) is 12.0 Å². The number of aliphatic hydroxyl groups is 2. The van der Waals surface area contributed by atoms with Gasteiger partial charge in [0, 0.05) is 18.8 Å². The third-order valence-corrected chi connectivity index (χ3v) is 9.24. The number of hydrogen-bond acceptors (Lipinski definition) is 7. The molecular formula is C22H32O7. The van der Waals surface area contributed by atoms with Crippen molar-refractivity contribution in [2.45, 2.75) is 84.1 Å². The van der Waals surface area contributed by atoms with Gasteiger partial charge in [-0.1, -0.05) is 27.2 Å². The van der Waals surface area contributed by atoms with E-state index < -0.39 is 48.1 Å². The van der Waals surface area contributed by atoms with E-state index in [4.69, 9.17) is 14.2 Å². The molecule has 0 aromatic carbocycles. The Kier molecular flexibility index (Phi) is 4.05. The Morgan fingerprint density at radius 3 is 2.59 bits per heavy atom. The molecule has 7 nitrogen and oxygen atoms in total. The first-order valence-electron chi connectivity index (χ1n) is 11.0. The highest BCUT2D eigenvalue weighted by Crippen LogP contribution is 2.68. The number of hydrogen-bond donors (Lipinski definition) is 2. The molecule has 29 heavy (non-hydrogen) atoms. The van der Waals surface area contributed by atoms with Gasteiger partial charge < -0.3 is 24.4 Å². The Balaban J connectivity index is 1.56. The molecule has 3 aliphatic carbocycles. The van der Waals surface area contributed by atoms with Crippen LogP contribution in [0.15, 0.2) is 0 Å². The fraction of sp³-hybridized carbons (Fsp3) is 0.909. The van der Waals surface area contributed by atoms with E-state index in [-0.39, 0.29) is 22.7 Å². The molecule has 0 radical (unpaired) electrons. The first-order valence-corrected chi connectivity index (χ1v) is 11.0. The monoisotopic (exact) mass is 408 g/mol. The molecule has 0 spiro atoms. The second kappa shape index (κ2) is 5.95. The standard InChI is InChI=1S/C22H32O7/c1-10(23)27-17-14-13(16(24)22(26)15(14)18(28-17)29-19(22)25)11-6-7-12-20(2,3)8-5-9-21(11,12)4/h11-18,24,26H,5-9H2,1-4H3/t11-,12+,13-,14+,15-,16+,17+,18-,21-,22-/m1/s1. The summed E-state index contributed by atoms with van der Waals surface area (Å²) in [5.74, 6) is -2.21. The van der Waals surface area contributed by atoms with Gasteiger partial charge in [-0.2, -0.15) is 0 Å². The molecule has 3 saturated carbocycles. The fourth-order valence-corrected chi connectivity index (χ4v) is 8.24. The maximum atomic E-state index is 12.5. The number of carbonyl (C=O) groups is 2. The molecule has 0 amide bonds. The SMILES string of the molecule is CC(=O)O[C@H]1O[C@@H]2OC(=O)[C@@]3(O)[C@@H]2[C@@H]1[C@@H]([C@H]1CC[C@H]2C(C)(C)CCC[C@]12C)[C@@H]3O. The first-order chi connectivity index (χ1) is 13.5. The van der Waals surface area contributed by atoms with Crippen LogP contribution in [-0.4, -0.2) is 46.4 Å². The van der Waals surface area contributed by atoms with E-state index in [0.29, 0.717) is 5.92 Å². The van der Waals surface area contributed by atoms with Gasteiger partial charge in [-0.05, 0) is 48.3 Å². The third kappa shape index (κ3) is 2.35. The molecule has 5 rings (SSSR count). The lowest BCUT2D eigenvalue weighted by Crippen LogP contribution is -2.51. The van der Waals surface area contributed by atoms with Gasteiger partial charge in [0.1, 0.15) is 0 Å². The molecule has 10 atom stereocenters. The lowest BCUT2D eigenvalue weighted by Gasteiger charge is -2.51. The summed E-state index contributed by atoms with van der Waals surface area (Å²) < 4.78 is 16.4. The molecule has 5 fully saturated rings. The summed E-state index contributed by atoms with van der Waals surface area (Å²) in [6.07, 6.45) is 2.25. The van der Waals surface area contributed by atoms with Crippen LogP contribution in [0.4, 0.5) is 0 Å². The maximum Gasteiger partial charge on any atom is 0.343 e. The van der Waals surface area contributed by atoms with Crippen molar-refractivity contribution in [3.05, 3.63) is 0 Å². The second-order valence-electron chi connectivity index (χ2n) is 10.9. The van der Waals surface area contributed by atoms with E-state index in [2.05, 4.69) is 20.8 Å². The van der Waals surface area contributed by atoms with Crippen LogP contribution in [0.5, 0.6) is 0 Å². The van der Waals surface area contributed by atoms with Crippen molar-refractivity contribution in [3.8, 4) is 0 Å². The summed E-state index contributed by atoms with van der Waals surface area (Å²) in [5, 5.41) is 22.6. The molecule has 162 valence electrons. The minimum Gasteiger partial charge on any atom is -0.435 e. The predicted molar refractivity (Wildman–Crippen MR) is 99.9 cm³/mol. The summed E-state index contributed by atoms with van der Waals surface area (Å²) in [7, 11) is 0. The summed E-state index contributed by atoms with van der Waals surface area (Å²) in [6.45, 7) is 8.29. The zero-order valence-electron chi connectivity index (χ0n) is 17.6. The average molecular weight is 408 g/mol. The van der Waals surface area contributed by atoms with Crippen molar-refractivity contribution >= 4 is 11.9 Å². The molecule has 0 aromatic rings. The molecule has 7 heteroatoms. The zero-order valence-corrected chi connectivity index (χ0v) is 17.6. The molecule has 5 aliphatic rings. The molecular weight excluding hydrogens is 376 g/mol. The van der Waals surface area contributed by atoms with Crippen LogP contribution in [0, 0.1) is 40.4 Å². The quantitative estimate of drug-likeness (QED) is 0.674. The van der Waals surface area contributed by atoms with E-state index in [0.717, 1.165) is 25.7 Å². The summed E-state index contributed by atoms with van der Waals surface area (Å²) >= 11 is 0. The van der Waals surface area contributed by atoms with Crippen molar-refractivity contribution in [1.82, 2.24) is 0 Å². The van der Waals surface area contributed by atoms with Crippen molar-refractivity contribution in [3.63, 3.8) is 0 Å². The minimum atomic E-state index is -1.99. The third-order valence-electron chi connectivity index (χ3n) is 9.24. The lowest BCUT2D eigenvalue weighted by atomic mass is 9.53. The number of rotatable bonds is 2. The largest absolute Gasteiger partial charge is 0.435 e. The Hall–Kier alpha value is -1.18. The highest BCUT2D eigenvalue weighted by Gasteiger charge is 2.79. The maximum absolute atomic E-state index is 12.5. The Labute approximate surface area is 171 Å². The van der Waals surface area contributed by atoms with Crippen LogP contribution in [0.1, 0.15) is 59.8 Å². The fourth-order valence-electron chi connectivity index (χ4n) is 8.24. The molecule has 2 aliphatic heterocycles. The lowest BCUT2D eigenvalue weighted by molar-refractivity contribution is -0.211. The van der Waals surface area contributed by atoms with Crippen LogP contribution in [0.25, 0.3) is 0 Å². The second-order valence-corrected chi connectivity index (χ2v) is 10.9. The van der Waals surface area contributed by atoms with Gasteiger partial charge in [-0.25, -0.2) is 4.79 Å². The molecule has 2 heterocycles. The van der Waals surface area contributed by atoms with Gasteiger partial charge in [0.2, 0.25) is 12.6 Å². The van der Waals surface area contributed by atoms with Gasteiger partial charge in [0.15, 0.2) is 5.60 Å². The Bertz CT molecular complexity index is 749. The van der Waals surface area contributed by atoms with Crippen LogP contribution in [0.3, 0.4) is 0 Å². The van der Waals surface area contributed by atoms with Gasteiger partial charge in [-0.15, -0.1) is 0 Å². The van der Waals surface area contributed by atoms with Crippen LogP contribution >= 0.6 is 0 Å². The average Bonchev–Trinajstić information content (AvgIpc) is 3.26. The van der Waals surface area contributed by atoms with Crippen molar-refractivity contribution in [2.24, 2.45) is 40.4 Å². The molecule has 2 saturated heterocycles. The number of fused-ring (bicyclic) bond motifs is 1. The number of carbonyl (C=O) groups excluding carboxylic acids is 2. The van der Waals surface area contributed by atoms with E-state index in [9.17, 15) is 19.8 Å². The van der Waals surface area contributed by atoms with Crippen LogP contribution in [-0.2, 0) is 23.8 Å². The van der Waals surface area contributed by atoms with E-state index >= 15 is 0 Å². The normalized spacial score (nSPS) is 54.8. The topological polar surface area (TPSA) is 102 Å². The first kappa shape index (κ1) is 19.8.